The summed E-state index contributed by atoms with van der Waals surface area (Å²) in [6.07, 6.45) is 2.19. The van der Waals surface area contributed by atoms with Gasteiger partial charge in [-0.25, -0.2) is 8.42 Å². The van der Waals surface area contributed by atoms with Crippen molar-refractivity contribution in [3.05, 3.63) is 130 Å². The van der Waals surface area contributed by atoms with Crippen LogP contribution in [-0.4, -0.2) is 23.5 Å². The highest BCUT2D eigenvalue weighted by atomic mass is 35.5. The SMILES string of the molecule is N#Cc1ccc(S(=O)(=O)N(Cc2ccc(CC(=O)Cc3cccc(Cl)c3)cc2)Cc2ccccn2)cc1. The second-order valence-corrected chi connectivity index (χ2v) is 10.9. The number of pyridine rings is 1. The Morgan fingerprint density at radius 3 is 2.19 bits per heavy atom. The third kappa shape index (κ3) is 7.11. The number of benzene rings is 3. The van der Waals surface area contributed by atoms with Crippen LogP contribution in [0.25, 0.3) is 0 Å². The molecule has 0 N–H and O–H groups in total. The summed E-state index contributed by atoms with van der Waals surface area (Å²) in [5.74, 6) is 0.0650. The summed E-state index contributed by atoms with van der Waals surface area (Å²) in [4.78, 5) is 16.9. The van der Waals surface area contributed by atoms with Crippen molar-refractivity contribution in [2.45, 2.75) is 30.8 Å². The maximum atomic E-state index is 13.5. The third-order valence-corrected chi connectivity index (χ3v) is 7.80. The fourth-order valence-corrected chi connectivity index (χ4v) is 5.49. The summed E-state index contributed by atoms with van der Waals surface area (Å²) in [5, 5.41) is 9.65. The molecule has 0 atom stereocenters. The molecule has 4 rings (SSSR count). The van der Waals surface area contributed by atoms with Gasteiger partial charge in [-0.15, -0.1) is 0 Å². The molecular weight excluding hydrogens is 506 g/mol. The summed E-state index contributed by atoms with van der Waals surface area (Å²) >= 11 is 6.01. The van der Waals surface area contributed by atoms with Gasteiger partial charge >= 0.3 is 0 Å². The molecule has 37 heavy (non-hydrogen) atoms. The Bertz CT molecular complexity index is 1520. The first-order valence-corrected chi connectivity index (χ1v) is 13.4. The van der Waals surface area contributed by atoms with Crippen molar-refractivity contribution in [2.24, 2.45) is 0 Å². The number of hydrogen-bond acceptors (Lipinski definition) is 5. The van der Waals surface area contributed by atoms with Crippen molar-refractivity contribution in [1.29, 1.82) is 5.26 Å². The predicted molar refractivity (Wildman–Crippen MR) is 142 cm³/mol. The van der Waals surface area contributed by atoms with E-state index in [0.717, 1.165) is 16.7 Å². The number of carbonyl (C=O) groups excluding carboxylic acids is 1. The van der Waals surface area contributed by atoms with Gasteiger partial charge in [0.05, 0.1) is 28.8 Å². The average Bonchev–Trinajstić information content (AvgIpc) is 2.90. The van der Waals surface area contributed by atoms with Crippen molar-refractivity contribution >= 4 is 27.4 Å². The van der Waals surface area contributed by atoms with E-state index >= 15 is 0 Å². The van der Waals surface area contributed by atoms with Gasteiger partial charge in [0.1, 0.15) is 5.78 Å². The van der Waals surface area contributed by atoms with Crippen molar-refractivity contribution < 1.29 is 13.2 Å². The van der Waals surface area contributed by atoms with Gasteiger partial charge in [0.15, 0.2) is 0 Å². The van der Waals surface area contributed by atoms with E-state index in [0.29, 0.717) is 22.7 Å². The van der Waals surface area contributed by atoms with Crippen LogP contribution in [0.3, 0.4) is 0 Å². The Kier molecular flexibility index (Phi) is 8.47. The molecule has 6 nitrogen and oxygen atoms in total. The molecule has 8 heteroatoms. The molecule has 0 amide bonds. The highest BCUT2D eigenvalue weighted by Gasteiger charge is 2.25. The molecular formula is C29H24ClN3O3S. The van der Waals surface area contributed by atoms with Crippen molar-refractivity contribution in [3.63, 3.8) is 0 Å². The summed E-state index contributed by atoms with van der Waals surface area (Å²) in [7, 11) is -3.87. The fourth-order valence-electron chi connectivity index (χ4n) is 3.88. The minimum atomic E-state index is -3.87. The first kappa shape index (κ1) is 26.2. The first-order valence-electron chi connectivity index (χ1n) is 11.6. The molecule has 3 aromatic carbocycles. The molecule has 0 spiro atoms. The van der Waals surface area contributed by atoms with E-state index in [4.69, 9.17) is 16.9 Å². The van der Waals surface area contributed by atoms with Crippen LogP contribution < -0.4 is 0 Å². The van der Waals surface area contributed by atoms with Crippen molar-refractivity contribution in [1.82, 2.24) is 9.29 Å². The van der Waals surface area contributed by atoms with Crippen LogP contribution in [0.15, 0.2) is 102 Å². The van der Waals surface area contributed by atoms with Crippen LogP contribution in [0.5, 0.6) is 0 Å². The standard InChI is InChI=1S/C29H24ClN3O3S/c30-26-5-3-4-25(16-26)18-28(34)17-22-7-9-24(10-8-22)20-33(21-27-6-1-2-15-32-27)37(35,36)29-13-11-23(19-31)12-14-29/h1-16H,17-18,20-21H2. The maximum Gasteiger partial charge on any atom is 0.243 e. The van der Waals surface area contributed by atoms with E-state index in [-0.39, 0.29) is 30.2 Å². The van der Waals surface area contributed by atoms with Gasteiger partial charge in [-0.1, -0.05) is 54.1 Å². The largest absolute Gasteiger partial charge is 0.299 e. The van der Waals surface area contributed by atoms with Crippen LogP contribution in [0.4, 0.5) is 0 Å². The van der Waals surface area contributed by atoms with E-state index in [1.807, 2.05) is 48.5 Å². The van der Waals surface area contributed by atoms with Gasteiger partial charge in [-0.2, -0.15) is 9.57 Å². The molecule has 0 aliphatic carbocycles. The van der Waals surface area contributed by atoms with Gasteiger partial charge in [0, 0.05) is 30.6 Å². The molecule has 0 fully saturated rings. The van der Waals surface area contributed by atoms with Gasteiger partial charge in [-0.05, 0) is 65.2 Å². The highest BCUT2D eigenvalue weighted by molar-refractivity contribution is 7.89. The Hall–Kier alpha value is -3.83. The molecule has 0 aliphatic heterocycles. The summed E-state index contributed by atoms with van der Waals surface area (Å²) in [5.41, 5.74) is 3.49. The number of halogens is 1. The second-order valence-electron chi connectivity index (χ2n) is 8.57. The number of rotatable bonds is 10. The zero-order chi connectivity index (χ0) is 26.3. The highest BCUT2D eigenvalue weighted by Crippen LogP contribution is 2.22. The zero-order valence-corrected chi connectivity index (χ0v) is 21.5. The lowest BCUT2D eigenvalue weighted by molar-refractivity contribution is -0.117. The molecule has 4 aromatic rings. The summed E-state index contributed by atoms with van der Waals surface area (Å²) < 4.78 is 28.4. The predicted octanol–water partition coefficient (Wildman–Crippen LogP) is 5.35. The van der Waals surface area contributed by atoms with E-state index in [9.17, 15) is 13.2 Å². The Morgan fingerprint density at radius 1 is 0.838 bits per heavy atom. The van der Waals surface area contributed by atoms with E-state index < -0.39 is 10.0 Å². The average molecular weight is 530 g/mol. The molecule has 1 heterocycles. The lowest BCUT2D eigenvalue weighted by Crippen LogP contribution is -2.30. The summed E-state index contributed by atoms with van der Waals surface area (Å²) in [6, 6.07) is 27.8. The Balaban J connectivity index is 1.50. The molecule has 0 saturated heterocycles. The van der Waals surface area contributed by atoms with E-state index in [1.54, 1.807) is 30.5 Å². The first-order chi connectivity index (χ1) is 17.8. The topological polar surface area (TPSA) is 91.1 Å². The monoisotopic (exact) mass is 529 g/mol. The van der Waals surface area contributed by atoms with Crippen LogP contribution in [0.1, 0.15) is 27.9 Å². The number of aromatic nitrogens is 1. The van der Waals surface area contributed by atoms with Crippen LogP contribution in [-0.2, 0) is 40.7 Å². The van der Waals surface area contributed by atoms with Crippen molar-refractivity contribution in [3.8, 4) is 6.07 Å². The number of hydrogen-bond donors (Lipinski definition) is 0. The lowest BCUT2D eigenvalue weighted by atomic mass is 10.0. The quantitative estimate of drug-likeness (QED) is 0.276. The van der Waals surface area contributed by atoms with Crippen LogP contribution in [0, 0.1) is 11.3 Å². The number of nitriles is 1. The van der Waals surface area contributed by atoms with Gasteiger partial charge in [0.25, 0.3) is 0 Å². The molecule has 0 bridgehead atoms. The van der Waals surface area contributed by atoms with Crippen LogP contribution >= 0.6 is 11.6 Å². The maximum absolute atomic E-state index is 13.5. The molecule has 0 aliphatic rings. The minimum absolute atomic E-state index is 0.0650. The van der Waals surface area contributed by atoms with Gasteiger partial charge in [0.2, 0.25) is 10.0 Å². The molecule has 186 valence electrons. The number of nitrogens with zero attached hydrogens (tertiary/aromatic N) is 3. The number of sulfonamides is 1. The zero-order valence-electron chi connectivity index (χ0n) is 19.9. The Morgan fingerprint density at radius 2 is 1.54 bits per heavy atom. The minimum Gasteiger partial charge on any atom is -0.299 e. The van der Waals surface area contributed by atoms with E-state index in [2.05, 4.69) is 4.98 Å². The lowest BCUT2D eigenvalue weighted by Gasteiger charge is -2.22. The van der Waals surface area contributed by atoms with E-state index in [1.165, 1.54) is 28.6 Å². The number of Topliss-reactive ketones (excluding diaryl/α,β-unsaturated/α-hetero) is 1. The molecule has 0 radical (unpaired) electrons. The van der Waals surface area contributed by atoms with Gasteiger partial charge in [-0.3, -0.25) is 9.78 Å². The Labute approximate surface area is 221 Å². The normalized spacial score (nSPS) is 11.3. The smallest absolute Gasteiger partial charge is 0.243 e. The fraction of sp³-hybridized carbons (Fsp3) is 0.138. The number of ketones is 1. The van der Waals surface area contributed by atoms with Gasteiger partial charge < -0.3 is 0 Å². The number of carbonyl (C=O) groups is 1. The second kappa shape index (κ2) is 11.9. The van der Waals surface area contributed by atoms with Crippen molar-refractivity contribution in [2.75, 3.05) is 0 Å². The molecule has 1 aromatic heterocycles. The van der Waals surface area contributed by atoms with Crippen LogP contribution in [0.2, 0.25) is 5.02 Å². The molecule has 0 unspecified atom stereocenters. The third-order valence-electron chi connectivity index (χ3n) is 5.76. The molecule has 0 saturated carbocycles. The summed E-state index contributed by atoms with van der Waals surface area (Å²) in [6.45, 7) is 0.207.